The molecule has 0 unspecified atom stereocenters. The van der Waals surface area contributed by atoms with Gasteiger partial charge in [0.05, 0.1) is 29.1 Å². The zero-order valence-electron chi connectivity index (χ0n) is 17.0. The highest BCUT2D eigenvalue weighted by Crippen LogP contribution is 2.24. The lowest BCUT2D eigenvalue weighted by Crippen LogP contribution is -2.33. The highest BCUT2D eigenvalue weighted by atomic mass is 35.5. The predicted molar refractivity (Wildman–Crippen MR) is 121 cm³/mol. The van der Waals surface area contributed by atoms with Crippen LogP contribution in [-0.4, -0.2) is 27.8 Å². The summed E-state index contributed by atoms with van der Waals surface area (Å²) in [5.74, 6) is -0.693. The van der Waals surface area contributed by atoms with E-state index in [0.717, 1.165) is 11.8 Å². The molecule has 0 N–H and O–H groups in total. The van der Waals surface area contributed by atoms with E-state index in [1.807, 2.05) is 19.9 Å². The predicted octanol–water partition coefficient (Wildman–Crippen LogP) is 4.81. The van der Waals surface area contributed by atoms with Crippen molar-refractivity contribution < 1.29 is 9.18 Å². The maximum absolute atomic E-state index is 13.3. The molecule has 3 rings (SSSR count). The number of amides is 1. The summed E-state index contributed by atoms with van der Waals surface area (Å²) >= 11 is 7.19. The van der Waals surface area contributed by atoms with Crippen molar-refractivity contribution in [2.45, 2.75) is 31.5 Å². The van der Waals surface area contributed by atoms with Crippen LogP contribution in [0.1, 0.15) is 26.3 Å². The molecule has 0 aliphatic rings. The summed E-state index contributed by atoms with van der Waals surface area (Å²) in [4.78, 5) is 31.9. The van der Waals surface area contributed by atoms with Gasteiger partial charge in [-0.05, 0) is 56.3 Å². The van der Waals surface area contributed by atoms with Gasteiger partial charge in [0.1, 0.15) is 5.82 Å². The van der Waals surface area contributed by atoms with Gasteiger partial charge >= 0.3 is 0 Å². The fourth-order valence-corrected chi connectivity index (χ4v) is 4.26. The maximum Gasteiger partial charge on any atom is 0.262 e. The Labute approximate surface area is 188 Å². The molecule has 6 nitrogen and oxygen atoms in total. The Bertz CT molecular complexity index is 1210. The molecule has 0 fully saturated rings. The van der Waals surface area contributed by atoms with Crippen molar-refractivity contribution in [3.63, 3.8) is 0 Å². The van der Waals surface area contributed by atoms with Crippen molar-refractivity contribution in [2.24, 2.45) is 0 Å². The van der Waals surface area contributed by atoms with Crippen LogP contribution in [-0.2, 0) is 4.79 Å². The molecule has 0 bridgehead atoms. The van der Waals surface area contributed by atoms with E-state index in [2.05, 4.69) is 4.98 Å². The van der Waals surface area contributed by atoms with Gasteiger partial charge in [0, 0.05) is 23.3 Å². The van der Waals surface area contributed by atoms with Crippen molar-refractivity contribution in [2.75, 3.05) is 17.2 Å². The van der Waals surface area contributed by atoms with Crippen LogP contribution >= 0.6 is 23.4 Å². The summed E-state index contributed by atoms with van der Waals surface area (Å²) in [6.07, 6.45) is 0.136. The second kappa shape index (κ2) is 9.94. The van der Waals surface area contributed by atoms with Gasteiger partial charge in [-0.2, -0.15) is 5.26 Å². The molecule has 0 radical (unpaired) electrons. The Kier molecular flexibility index (Phi) is 7.31. The molecule has 160 valence electrons. The largest absolute Gasteiger partial charge is 0.311 e. The average molecular weight is 459 g/mol. The number of carbonyl (C=O) groups excluding carboxylic acids is 1. The van der Waals surface area contributed by atoms with Crippen LogP contribution in [0.2, 0.25) is 5.02 Å². The number of carbonyl (C=O) groups is 1. The summed E-state index contributed by atoms with van der Waals surface area (Å²) in [5, 5.41) is 10.3. The first-order valence-electron chi connectivity index (χ1n) is 9.59. The smallest absolute Gasteiger partial charge is 0.262 e. The Morgan fingerprint density at radius 1 is 1.29 bits per heavy atom. The first-order valence-corrected chi connectivity index (χ1v) is 11.0. The Hall–Kier alpha value is -2.89. The van der Waals surface area contributed by atoms with Crippen LogP contribution < -0.4 is 10.5 Å². The van der Waals surface area contributed by atoms with E-state index in [0.29, 0.717) is 26.8 Å². The van der Waals surface area contributed by atoms with E-state index < -0.39 is 5.82 Å². The molecule has 1 amide bonds. The van der Waals surface area contributed by atoms with Gasteiger partial charge in [-0.3, -0.25) is 14.2 Å². The number of benzene rings is 2. The number of thioether (sulfide) groups is 1. The molecule has 9 heteroatoms. The van der Waals surface area contributed by atoms with Crippen molar-refractivity contribution in [3.8, 4) is 6.07 Å². The minimum Gasteiger partial charge on any atom is -0.311 e. The Morgan fingerprint density at radius 3 is 2.65 bits per heavy atom. The van der Waals surface area contributed by atoms with Gasteiger partial charge in [-0.15, -0.1) is 0 Å². The molecule has 1 heterocycles. The quantitative estimate of drug-likeness (QED) is 0.375. The summed E-state index contributed by atoms with van der Waals surface area (Å²) in [6.45, 7) is 3.92. The minimum absolute atomic E-state index is 0.00592. The maximum atomic E-state index is 13.3. The van der Waals surface area contributed by atoms with Gasteiger partial charge in [0.15, 0.2) is 5.16 Å². The number of fused-ring (bicyclic) bond motifs is 1. The molecule has 31 heavy (non-hydrogen) atoms. The lowest BCUT2D eigenvalue weighted by atomic mass is 10.2. The second-order valence-electron chi connectivity index (χ2n) is 7.04. The van der Waals surface area contributed by atoms with Gasteiger partial charge < -0.3 is 4.90 Å². The van der Waals surface area contributed by atoms with Crippen LogP contribution in [0, 0.1) is 17.1 Å². The monoisotopic (exact) mass is 458 g/mol. The van der Waals surface area contributed by atoms with Crippen LogP contribution in [0.15, 0.2) is 52.4 Å². The van der Waals surface area contributed by atoms with Gasteiger partial charge in [-0.1, -0.05) is 23.4 Å². The number of hydrogen-bond acceptors (Lipinski definition) is 5. The highest BCUT2D eigenvalue weighted by molar-refractivity contribution is 7.99. The number of aromatic nitrogens is 2. The zero-order valence-corrected chi connectivity index (χ0v) is 18.6. The third-order valence-corrected chi connectivity index (χ3v) is 5.73. The number of anilines is 1. The van der Waals surface area contributed by atoms with E-state index in [1.54, 1.807) is 22.8 Å². The normalized spacial score (nSPS) is 11.0. The molecule has 2 aromatic carbocycles. The average Bonchev–Trinajstić information content (AvgIpc) is 2.73. The first kappa shape index (κ1) is 22.8. The molecule has 3 aromatic rings. The fraction of sp³-hybridized carbons (Fsp3) is 0.273. The Morgan fingerprint density at radius 2 is 2.00 bits per heavy atom. The van der Waals surface area contributed by atoms with Crippen LogP contribution in [0.25, 0.3) is 10.9 Å². The Balaban J connectivity index is 1.91. The van der Waals surface area contributed by atoms with Crippen molar-refractivity contribution in [1.29, 1.82) is 5.26 Å². The minimum atomic E-state index is -0.411. The molecular formula is C22H20ClFN4O2S. The molecule has 0 saturated carbocycles. The van der Waals surface area contributed by atoms with Crippen LogP contribution in [0.4, 0.5) is 10.1 Å². The third kappa shape index (κ3) is 5.24. The van der Waals surface area contributed by atoms with E-state index in [-0.39, 0.29) is 36.2 Å². The molecule has 0 spiro atoms. The van der Waals surface area contributed by atoms with Crippen LogP contribution in [0.5, 0.6) is 0 Å². The van der Waals surface area contributed by atoms with Crippen molar-refractivity contribution in [3.05, 3.63) is 63.7 Å². The highest BCUT2D eigenvalue weighted by Gasteiger charge is 2.19. The molecule has 1 aromatic heterocycles. The topological polar surface area (TPSA) is 79.0 Å². The van der Waals surface area contributed by atoms with E-state index in [1.165, 1.54) is 29.2 Å². The van der Waals surface area contributed by atoms with E-state index >= 15 is 0 Å². The van der Waals surface area contributed by atoms with Crippen molar-refractivity contribution >= 4 is 45.9 Å². The number of nitrogens with zero attached hydrogens (tertiary/aromatic N) is 4. The molecule has 0 saturated heterocycles. The molecule has 0 aliphatic heterocycles. The van der Waals surface area contributed by atoms with E-state index in [9.17, 15) is 14.0 Å². The standard InChI is InChI=1S/C22H20ClFN4O2S/c1-14(2)28-21(30)18-9-4-15(23)12-19(18)26-22(28)31-13-20(29)27(11-3-10-25)17-7-5-16(24)6-8-17/h4-9,12,14H,3,11,13H2,1-2H3. The van der Waals surface area contributed by atoms with Crippen molar-refractivity contribution in [1.82, 2.24) is 9.55 Å². The second-order valence-corrected chi connectivity index (χ2v) is 8.42. The molecule has 0 atom stereocenters. The summed E-state index contributed by atoms with van der Waals surface area (Å²) in [6, 6.07) is 12.3. The summed E-state index contributed by atoms with van der Waals surface area (Å²) < 4.78 is 14.8. The zero-order chi connectivity index (χ0) is 22.5. The SMILES string of the molecule is CC(C)n1c(SCC(=O)N(CCC#N)c2ccc(F)cc2)nc2cc(Cl)ccc2c1=O. The number of nitriles is 1. The fourth-order valence-electron chi connectivity index (χ4n) is 3.09. The molecular weight excluding hydrogens is 439 g/mol. The van der Waals surface area contributed by atoms with E-state index in [4.69, 9.17) is 16.9 Å². The molecule has 0 aliphatic carbocycles. The lowest BCUT2D eigenvalue weighted by Gasteiger charge is -2.22. The third-order valence-electron chi connectivity index (χ3n) is 4.56. The number of halogens is 2. The van der Waals surface area contributed by atoms with Gasteiger partial charge in [-0.25, -0.2) is 9.37 Å². The number of rotatable bonds is 7. The number of hydrogen-bond donors (Lipinski definition) is 0. The van der Waals surface area contributed by atoms with Gasteiger partial charge in [0.2, 0.25) is 5.91 Å². The lowest BCUT2D eigenvalue weighted by molar-refractivity contribution is -0.116. The summed E-state index contributed by atoms with van der Waals surface area (Å²) in [5.41, 5.74) is 0.762. The van der Waals surface area contributed by atoms with Crippen LogP contribution in [0.3, 0.4) is 0 Å². The first-order chi connectivity index (χ1) is 14.8. The van der Waals surface area contributed by atoms with Gasteiger partial charge in [0.25, 0.3) is 5.56 Å². The summed E-state index contributed by atoms with van der Waals surface area (Å²) in [7, 11) is 0.